The third-order valence-corrected chi connectivity index (χ3v) is 3.29. The summed E-state index contributed by atoms with van der Waals surface area (Å²) in [4.78, 5) is 2.32. The Morgan fingerprint density at radius 2 is 1.89 bits per heavy atom. The van der Waals surface area contributed by atoms with Crippen molar-refractivity contribution in [1.29, 1.82) is 0 Å². The van der Waals surface area contributed by atoms with Gasteiger partial charge in [0.05, 0.1) is 13.2 Å². The van der Waals surface area contributed by atoms with Gasteiger partial charge in [-0.15, -0.1) is 0 Å². The van der Waals surface area contributed by atoms with Gasteiger partial charge in [-0.3, -0.25) is 4.90 Å². The van der Waals surface area contributed by atoms with Crippen LogP contribution in [0.25, 0.3) is 0 Å². The maximum absolute atomic E-state index is 9.42. The SMILES string of the molecule is COc1ccccc1OCCN1CCC(O)CC1. The lowest BCUT2D eigenvalue weighted by molar-refractivity contribution is 0.0752. The molecule has 1 aliphatic heterocycles. The average molecular weight is 251 g/mol. The van der Waals surface area contributed by atoms with E-state index in [0.717, 1.165) is 44.0 Å². The average Bonchev–Trinajstić information content (AvgIpc) is 2.41. The molecule has 1 aromatic carbocycles. The van der Waals surface area contributed by atoms with Crippen LogP contribution in [0.1, 0.15) is 12.8 Å². The first-order valence-electron chi connectivity index (χ1n) is 6.46. The second-order valence-electron chi connectivity index (χ2n) is 4.57. The molecule has 2 rings (SSSR count). The molecule has 0 bridgehead atoms. The highest BCUT2D eigenvalue weighted by molar-refractivity contribution is 5.39. The summed E-state index contributed by atoms with van der Waals surface area (Å²) in [5.74, 6) is 1.56. The largest absolute Gasteiger partial charge is 0.493 e. The summed E-state index contributed by atoms with van der Waals surface area (Å²) in [7, 11) is 1.65. The molecule has 100 valence electrons. The number of hydrogen-bond donors (Lipinski definition) is 1. The molecule has 4 heteroatoms. The molecule has 0 saturated carbocycles. The Kier molecular flexibility index (Phi) is 4.84. The summed E-state index contributed by atoms with van der Waals surface area (Å²) in [6.07, 6.45) is 1.62. The zero-order chi connectivity index (χ0) is 12.8. The fraction of sp³-hybridized carbons (Fsp3) is 0.571. The van der Waals surface area contributed by atoms with Gasteiger partial charge in [-0.25, -0.2) is 0 Å². The van der Waals surface area contributed by atoms with Crippen molar-refractivity contribution in [3.05, 3.63) is 24.3 Å². The Balaban J connectivity index is 1.75. The Hall–Kier alpha value is -1.26. The molecular weight excluding hydrogens is 230 g/mol. The standard InChI is InChI=1S/C14H21NO3/c1-17-13-4-2-3-5-14(13)18-11-10-15-8-6-12(16)7-9-15/h2-5,12,16H,6-11H2,1H3. The van der Waals surface area contributed by atoms with Gasteiger partial charge in [0, 0.05) is 19.6 Å². The van der Waals surface area contributed by atoms with E-state index in [1.54, 1.807) is 7.11 Å². The molecule has 1 heterocycles. The predicted octanol–water partition coefficient (Wildman–Crippen LogP) is 1.53. The van der Waals surface area contributed by atoms with Crippen molar-refractivity contribution < 1.29 is 14.6 Å². The van der Waals surface area contributed by atoms with Crippen LogP contribution in [0.2, 0.25) is 0 Å². The van der Waals surface area contributed by atoms with Gasteiger partial charge in [0.2, 0.25) is 0 Å². The predicted molar refractivity (Wildman–Crippen MR) is 70.2 cm³/mol. The van der Waals surface area contributed by atoms with E-state index in [-0.39, 0.29) is 6.10 Å². The van der Waals surface area contributed by atoms with Crippen LogP contribution < -0.4 is 9.47 Å². The van der Waals surface area contributed by atoms with Crippen molar-refractivity contribution in [2.24, 2.45) is 0 Å². The van der Waals surface area contributed by atoms with Crippen molar-refractivity contribution in [3.8, 4) is 11.5 Å². The van der Waals surface area contributed by atoms with Crippen LogP contribution in [0.3, 0.4) is 0 Å². The number of piperidine rings is 1. The van der Waals surface area contributed by atoms with Crippen LogP contribution in [-0.2, 0) is 0 Å². The summed E-state index contributed by atoms with van der Waals surface area (Å²) in [6.45, 7) is 3.45. The van der Waals surface area contributed by atoms with Crippen LogP contribution >= 0.6 is 0 Å². The number of methoxy groups -OCH3 is 1. The number of aliphatic hydroxyl groups excluding tert-OH is 1. The maximum atomic E-state index is 9.42. The fourth-order valence-corrected chi connectivity index (χ4v) is 2.17. The number of aliphatic hydroxyl groups is 1. The monoisotopic (exact) mass is 251 g/mol. The molecule has 0 aliphatic carbocycles. The van der Waals surface area contributed by atoms with E-state index in [9.17, 15) is 5.11 Å². The smallest absolute Gasteiger partial charge is 0.161 e. The third kappa shape index (κ3) is 3.62. The molecular formula is C14H21NO3. The van der Waals surface area contributed by atoms with Crippen molar-refractivity contribution in [3.63, 3.8) is 0 Å². The first-order valence-corrected chi connectivity index (χ1v) is 6.46. The Morgan fingerprint density at radius 1 is 1.22 bits per heavy atom. The molecule has 0 amide bonds. The van der Waals surface area contributed by atoms with E-state index in [0.29, 0.717) is 6.61 Å². The van der Waals surface area contributed by atoms with Crippen molar-refractivity contribution in [2.45, 2.75) is 18.9 Å². The molecule has 18 heavy (non-hydrogen) atoms. The second-order valence-corrected chi connectivity index (χ2v) is 4.57. The van der Waals surface area contributed by atoms with Crippen LogP contribution in [0.5, 0.6) is 11.5 Å². The van der Waals surface area contributed by atoms with E-state index >= 15 is 0 Å². The molecule has 0 unspecified atom stereocenters. The zero-order valence-corrected chi connectivity index (χ0v) is 10.8. The van der Waals surface area contributed by atoms with E-state index in [1.165, 1.54) is 0 Å². The lowest BCUT2D eigenvalue weighted by Crippen LogP contribution is -2.38. The summed E-state index contributed by atoms with van der Waals surface area (Å²) in [5, 5.41) is 9.42. The normalized spacial score (nSPS) is 17.7. The third-order valence-electron chi connectivity index (χ3n) is 3.29. The molecule has 0 aromatic heterocycles. The van der Waals surface area contributed by atoms with Crippen LogP contribution in [0, 0.1) is 0 Å². The first-order chi connectivity index (χ1) is 8.79. The van der Waals surface area contributed by atoms with Crippen molar-refractivity contribution >= 4 is 0 Å². The Bertz CT molecular complexity index is 362. The van der Waals surface area contributed by atoms with E-state index in [4.69, 9.17) is 9.47 Å². The number of hydrogen-bond acceptors (Lipinski definition) is 4. The van der Waals surface area contributed by atoms with Crippen LogP contribution in [0.15, 0.2) is 24.3 Å². The first kappa shape index (κ1) is 13.2. The van der Waals surface area contributed by atoms with Gasteiger partial charge in [0.15, 0.2) is 11.5 Å². The minimum Gasteiger partial charge on any atom is -0.493 e. The van der Waals surface area contributed by atoms with Gasteiger partial charge in [-0.1, -0.05) is 12.1 Å². The highest BCUT2D eigenvalue weighted by atomic mass is 16.5. The summed E-state index contributed by atoms with van der Waals surface area (Å²) in [5.41, 5.74) is 0. The number of para-hydroxylation sites is 2. The lowest BCUT2D eigenvalue weighted by atomic mass is 10.1. The van der Waals surface area contributed by atoms with E-state index < -0.39 is 0 Å². The number of ether oxygens (including phenoxy) is 2. The molecule has 0 spiro atoms. The van der Waals surface area contributed by atoms with Gasteiger partial charge in [0.1, 0.15) is 6.61 Å². The molecule has 1 aromatic rings. The van der Waals surface area contributed by atoms with Gasteiger partial charge >= 0.3 is 0 Å². The number of nitrogens with zero attached hydrogens (tertiary/aromatic N) is 1. The number of rotatable bonds is 5. The topological polar surface area (TPSA) is 41.9 Å². The molecule has 4 nitrogen and oxygen atoms in total. The molecule has 1 fully saturated rings. The quantitative estimate of drug-likeness (QED) is 0.861. The number of benzene rings is 1. The summed E-state index contributed by atoms with van der Waals surface area (Å²) >= 11 is 0. The van der Waals surface area contributed by atoms with Crippen LogP contribution in [-0.4, -0.2) is 49.5 Å². The van der Waals surface area contributed by atoms with Crippen LogP contribution in [0.4, 0.5) is 0 Å². The van der Waals surface area contributed by atoms with Gasteiger partial charge in [0.25, 0.3) is 0 Å². The molecule has 1 saturated heterocycles. The fourth-order valence-electron chi connectivity index (χ4n) is 2.17. The second kappa shape index (κ2) is 6.61. The van der Waals surface area contributed by atoms with Gasteiger partial charge < -0.3 is 14.6 Å². The summed E-state index contributed by atoms with van der Waals surface area (Å²) < 4.78 is 11.0. The minimum absolute atomic E-state index is 0.114. The highest BCUT2D eigenvalue weighted by Crippen LogP contribution is 2.25. The van der Waals surface area contributed by atoms with Crippen molar-refractivity contribution in [2.75, 3.05) is 33.4 Å². The minimum atomic E-state index is -0.114. The molecule has 1 aliphatic rings. The Labute approximate surface area is 108 Å². The molecule has 0 atom stereocenters. The van der Waals surface area contributed by atoms with Crippen molar-refractivity contribution in [1.82, 2.24) is 4.90 Å². The summed E-state index contributed by atoms with van der Waals surface area (Å²) in [6, 6.07) is 7.68. The zero-order valence-electron chi connectivity index (χ0n) is 10.8. The maximum Gasteiger partial charge on any atom is 0.161 e. The Morgan fingerprint density at radius 3 is 2.56 bits per heavy atom. The van der Waals surface area contributed by atoms with Gasteiger partial charge in [-0.05, 0) is 25.0 Å². The van der Waals surface area contributed by atoms with E-state index in [2.05, 4.69) is 4.90 Å². The highest BCUT2D eigenvalue weighted by Gasteiger charge is 2.16. The molecule has 0 radical (unpaired) electrons. The number of likely N-dealkylation sites (tertiary alicyclic amines) is 1. The molecule has 1 N–H and O–H groups in total. The lowest BCUT2D eigenvalue weighted by Gasteiger charge is -2.29. The van der Waals surface area contributed by atoms with E-state index in [1.807, 2.05) is 24.3 Å². The van der Waals surface area contributed by atoms with Gasteiger partial charge in [-0.2, -0.15) is 0 Å².